The van der Waals surface area contributed by atoms with Crippen molar-refractivity contribution in [1.29, 1.82) is 5.26 Å². The highest BCUT2D eigenvalue weighted by Crippen LogP contribution is 2.26. The zero-order valence-corrected chi connectivity index (χ0v) is 15.4. The van der Waals surface area contributed by atoms with Crippen LogP contribution in [-0.4, -0.2) is 33.9 Å². The first-order valence-corrected chi connectivity index (χ1v) is 8.51. The van der Waals surface area contributed by atoms with Gasteiger partial charge in [-0.15, -0.1) is 0 Å². The molecule has 1 aliphatic rings. The number of aromatic nitrogens is 2. The first-order chi connectivity index (χ1) is 13.0. The summed E-state index contributed by atoms with van der Waals surface area (Å²) in [7, 11) is 1.56. The number of nitrogens with one attached hydrogen (secondary N) is 1. The molecular formula is C18H15N5O3S. The van der Waals surface area contributed by atoms with Crippen molar-refractivity contribution in [3.63, 3.8) is 0 Å². The number of carbonyl (C=O) groups excluding carboxylic acids is 2. The highest BCUT2D eigenvalue weighted by Gasteiger charge is 2.30. The molecule has 1 aromatic carbocycles. The Morgan fingerprint density at radius 3 is 2.48 bits per heavy atom. The normalized spacial score (nSPS) is 13.4. The standard InChI is InChI=1S/C18H15N5O3S/c1-10-7-15(24)23(18(10)25)22-17-13(8-19)14(9-27)20-16(21-17)11-3-5-12(26-2)6-4-11/h3-7,27H,9H2,1-2H3,(H,20,21,22). The second-order valence-corrected chi connectivity index (χ2v) is 5.95. The molecule has 8 nitrogen and oxygen atoms in total. The number of ether oxygens (including phenoxy) is 1. The van der Waals surface area contributed by atoms with E-state index in [9.17, 15) is 14.9 Å². The minimum Gasteiger partial charge on any atom is -0.497 e. The fourth-order valence-corrected chi connectivity index (χ4v) is 2.72. The monoisotopic (exact) mass is 381 g/mol. The van der Waals surface area contributed by atoms with E-state index in [1.807, 2.05) is 6.07 Å². The number of hydrogen-bond donors (Lipinski definition) is 2. The van der Waals surface area contributed by atoms with Gasteiger partial charge >= 0.3 is 0 Å². The quantitative estimate of drug-likeness (QED) is 0.603. The lowest BCUT2D eigenvalue weighted by atomic mass is 10.1. The van der Waals surface area contributed by atoms with Crippen molar-refractivity contribution >= 4 is 30.3 Å². The molecule has 0 fully saturated rings. The molecule has 0 spiro atoms. The van der Waals surface area contributed by atoms with E-state index < -0.39 is 11.8 Å². The van der Waals surface area contributed by atoms with Crippen molar-refractivity contribution in [3.05, 3.63) is 47.2 Å². The third kappa shape index (κ3) is 3.47. The van der Waals surface area contributed by atoms with Gasteiger partial charge in [-0.3, -0.25) is 15.0 Å². The Kier molecular flexibility index (Phi) is 5.09. The molecule has 1 aliphatic heterocycles. The van der Waals surface area contributed by atoms with Crippen LogP contribution in [0.5, 0.6) is 5.75 Å². The number of rotatable bonds is 5. The number of thiol groups is 1. The molecule has 2 heterocycles. The summed E-state index contributed by atoms with van der Waals surface area (Å²) in [6.45, 7) is 1.54. The van der Waals surface area contributed by atoms with E-state index in [-0.39, 0.29) is 17.1 Å². The summed E-state index contributed by atoms with van der Waals surface area (Å²) < 4.78 is 5.14. The molecular weight excluding hydrogens is 366 g/mol. The van der Waals surface area contributed by atoms with E-state index in [0.29, 0.717) is 28.4 Å². The number of methoxy groups -OCH3 is 1. The van der Waals surface area contributed by atoms with E-state index >= 15 is 0 Å². The Bertz CT molecular complexity index is 995. The SMILES string of the molecule is COc1ccc(-c2nc(CS)c(C#N)c(NN3C(=O)C=C(C)C3=O)n2)cc1. The Labute approximate surface area is 160 Å². The fourth-order valence-electron chi connectivity index (χ4n) is 2.49. The number of imide groups is 1. The van der Waals surface area contributed by atoms with Crippen LogP contribution >= 0.6 is 12.6 Å². The van der Waals surface area contributed by atoms with Crippen molar-refractivity contribution < 1.29 is 14.3 Å². The zero-order valence-electron chi connectivity index (χ0n) is 14.6. The highest BCUT2D eigenvalue weighted by atomic mass is 32.1. The molecule has 3 rings (SSSR count). The van der Waals surface area contributed by atoms with Crippen LogP contribution in [0.25, 0.3) is 11.4 Å². The number of nitriles is 1. The minimum absolute atomic E-state index is 0.0622. The molecule has 0 unspecified atom stereocenters. The molecule has 136 valence electrons. The van der Waals surface area contributed by atoms with Crippen molar-refractivity contribution in [2.75, 3.05) is 12.5 Å². The van der Waals surface area contributed by atoms with Crippen molar-refractivity contribution in [2.24, 2.45) is 0 Å². The van der Waals surface area contributed by atoms with Gasteiger partial charge in [0.2, 0.25) is 0 Å². The van der Waals surface area contributed by atoms with Crippen molar-refractivity contribution in [2.45, 2.75) is 12.7 Å². The van der Waals surface area contributed by atoms with Gasteiger partial charge in [0.05, 0.1) is 12.8 Å². The third-order valence-electron chi connectivity index (χ3n) is 3.91. The molecule has 1 N–H and O–H groups in total. The maximum Gasteiger partial charge on any atom is 0.275 e. The van der Waals surface area contributed by atoms with E-state index in [1.165, 1.54) is 13.0 Å². The number of anilines is 1. The van der Waals surface area contributed by atoms with E-state index in [1.54, 1.807) is 31.4 Å². The number of nitrogens with zero attached hydrogens (tertiary/aromatic N) is 4. The number of carbonyl (C=O) groups is 2. The van der Waals surface area contributed by atoms with Crippen LogP contribution in [0.2, 0.25) is 0 Å². The molecule has 0 atom stereocenters. The van der Waals surface area contributed by atoms with E-state index in [2.05, 4.69) is 28.0 Å². The number of hydrogen-bond acceptors (Lipinski definition) is 8. The molecule has 9 heteroatoms. The summed E-state index contributed by atoms with van der Waals surface area (Å²) >= 11 is 4.22. The topological polar surface area (TPSA) is 108 Å². The van der Waals surface area contributed by atoms with Crippen LogP contribution in [0.1, 0.15) is 18.2 Å². The maximum absolute atomic E-state index is 12.1. The molecule has 0 saturated heterocycles. The summed E-state index contributed by atoms with van der Waals surface area (Å²) in [5.41, 5.74) is 4.12. The van der Waals surface area contributed by atoms with Gasteiger partial charge in [0.1, 0.15) is 17.4 Å². The molecule has 0 radical (unpaired) electrons. The Hall–Kier alpha value is -3.38. The summed E-state index contributed by atoms with van der Waals surface area (Å²) in [4.78, 5) is 32.8. The average molecular weight is 381 g/mol. The highest BCUT2D eigenvalue weighted by molar-refractivity contribution is 7.79. The van der Waals surface area contributed by atoms with Gasteiger partial charge in [-0.1, -0.05) is 0 Å². The smallest absolute Gasteiger partial charge is 0.275 e. The molecule has 0 aliphatic carbocycles. The lowest BCUT2D eigenvalue weighted by molar-refractivity contribution is -0.135. The Balaban J connectivity index is 2.05. The number of benzene rings is 1. The first kappa shape index (κ1) is 18.4. The molecule has 27 heavy (non-hydrogen) atoms. The fraction of sp³-hybridized carbons (Fsp3) is 0.167. The van der Waals surface area contributed by atoms with Crippen LogP contribution in [0.3, 0.4) is 0 Å². The van der Waals surface area contributed by atoms with Gasteiger partial charge in [0.25, 0.3) is 11.8 Å². The predicted octanol–water partition coefficient (Wildman–Crippen LogP) is 2.10. The first-order valence-electron chi connectivity index (χ1n) is 7.88. The Morgan fingerprint density at radius 1 is 1.26 bits per heavy atom. The van der Waals surface area contributed by atoms with Crippen LogP contribution in [0, 0.1) is 11.3 Å². The Morgan fingerprint density at radius 2 is 1.96 bits per heavy atom. The van der Waals surface area contributed by atoms with E-state index in [0.717, 1.165) is 5.01 Å². The third-order valence-corrected chi connectivity index (χ3v) is 4.21. The van der Waals surface area contributed by atoms with Gasteiger partial charge in [0.15, 0.2) is 11.6 Å². The molecule has 0 bridgehead atoms. The second kappa shape index (κ2) is 7.47. The van der Waals surface area contributed by atoms with E-state index in [4.69, 9.17) is 4.74 Å². The van der Waals surface area contributed by atoms with Gasteiger partial charge in [-0.2, -0.15) is 22.9 Å². The molecule has 0 saturated carbocycles. The van der Waals surface area contributed by atoms with Crippen molar-refractivity contribution in [3.8, 4) is 23.2 Å². The average Bonchev–Trinajstić information content (AvgIpc) is 2.93. The van der Waals surface area contributed by atoms with Crippen LogP contribution in [-0.2, 0) is 15.3 Å². The number of amides is 2. The molecule has 2 aromatic rings. The summed E-state index contributed by atoms with van der Waals surface area (Å²) in [5.74, 6) is 0.219. The second-order valence-electron chi connectivity index (χ2n) is 5.63. The summed E-state index contributed by atoms with van der Waals surface area (Å²) in [6.07, 6.45) is 1.21. The van der Waals surface area contributed by atoms with Gasteiger partial charge in [-0.25, -0.2) is 9.97 Å². The van der Waals surface area contributed by atoms with Crippen LogP contribution < -0.4 is 10.2 Å². The van der Waals surface area contributed by atoms with Crippen LogP contribution in [0.4, 0.5) is 5.82 Å². The largest absolute Gasteiger partial charge is 0.497 e. The zero-order chi connectivity index (χ0) is 19.6. The van der Waals surface area contributed by atoms with Gasteiger partial charge in [-0.05, 0) is 31.2 Å². The van der Waals surface area contributed by atoms with Gasteiger partial charge in [0, 0.05) is 23.0 Å². The maximum atomic E-state index is 12.1. The summed E-state index contributed by atoms with van der Waals surface area (Å²) in [5, 5.41) is 10.3. The predicted molar refractivity (Wildman–Crippen MR) is 101 cm³/mol. The van der Waals surface area contributed by atoms with Crippen LogP contribution in [0.15, 0.2) is 35.9 Å². The lowest BCUT2D eigenvalue weighted by Gasteiger charge is -2.18. The minimum atomic E-state index is -0.529. The molecule has 1 aromatic heterocycles. The van der Waals surface area contributed by atoms with Gasteiger partial charge < -0.3 is 4.74 Å². The number of hydrazine groups is 1. The lowest BCUT2D eigenvalue weighted by Crippen LogP contribution is -2.37. The molecule has 2 amide bonds. The van der Waals surface area contributed by atoms with Crippen molar-refractivity contribution in [1.82, 2.24) is 15.0 Å². The summed E-state index contributed by atoms with van der Waals surface area (Å²) in [6, 6.07) is 9.05.